The summed E-state index contributed by atoms with van der Waals surface area (Å²) in [5.41, 5.74) is 2.16. The summed E-state index contributed by atoms with van der Waals surface area (Å²) in [7, 11) is 0. The molecular formula is C23H25FN4O3. The molecule has 0 radical (unpaired) electrons. The highest BCUT2D eigenvalue weighted by Gasteiger charge is 2.25. The zero-order chi connectivity index (χ0) is 21.8. The van der Waals surface area contributed by atoms with E-state index in [1.54, 1.807) is 9.80 Å². The molecule has 4 rings (SSSR count). The molecule has 2 aromatic carbocycles. The number of amides is 4. The molecular weight excluding hydrogens is 399 g/mol. The second kappa shape index (κ2) is 9.16. The molecule has 2 aliphatic rings. The van der Waals surface area contributed by atoms with Crippen molar-refractivity contribution < 1.29 is 18.8 Å². The number of benzene rings is 2. The first kappa shape index (κ1) is 20.8. The number of rotatable bonds is 4. The molecule has 0 unspecified atom stereocenters. The van der Waals surface area contributed by atoms with Crippen molar-refractivity contribution >= 4 is 23.5 Å². The van der Waals surface area contributed by atoms with Gasteiger partial charge >= 0.3 is 6.03 Å². The van der Waals surface area contributed by atoms with Crippen molar-refractivity contribution in [3.8, 4) is 0 Å². The van der Waals surface area contributed by atoms with Crippen molar-refractivity contribution in [2.24, 2.45) is 0 Å². The molecule has 0 atom stereocenters. The topological polar surface area (TPSA) is 73.0 Å². The van der Waals surface area contributed by atoms with E-state index in [0.29, 0.717) is 50.4 Å². The van der Waals surface area contributed by atoms with Gasteiger partial charge in [0, 0.05) is 56.9 Å². The Labute approximate surface area is 180 Å². The largest absolute Gasteiger partial charge is 0.338 e. The second-order valence-electron chi connectivity index (χ2n) is 7.83. The fourth-order valence-electron chi connectivity index (χ4n) is 3.88. The zero-order valence-electron chi connectivity index (χ0n) is 17.2. The first-order valence-electron chi connectivity index (χ1n) is 10.5. The number of anilines is 1. The van der Waals surface area contributed by atoms with Gasteiger partial charge in [-0.15, -0.1) is 0 Å². The van der Waals surface area contributed by atoms with Crippen LogP contribution in [0.25, 0.3) is 0 Å². The SMILES string of the molecule is O=C1CCCN1Cc1ccc(NC(=O)N2CCN(C(=O)c3ccc(F)cc3)CC2)cc1. The molecule has 0 saturated carbocycles. The van der Waals surface area contributed by atoms with Crippen molar-refractivity contribution in [2.45, 2.75) is 19.4 Å². The minimum absolute atomic E-state index is 0.160. The average Bonchev–Trinajstić information content (AvgIpc) is 3.19. The Kier molecular flexibility index (Phi) is 6.16. The first-order valence-corrected chi connectivity index (χ1v) is 10.5. The quantitative estimate of drug-likeness (QED) is 0.820. The average molecular weight is 424 g/mol. The molecule has 8 heteroatoms. The van der Waals surface area contributed by atoms with Crippen molar-refractivity contribution in [1.82, 2.24) is 14.7 Å². The third kappa shape index (κ3) is 5.02. The van der Waals surface area contributed by atoms with Crippen LogP contribution in [0.4, 0.5) is 14.9 Å². The van der Waals surface area contributed by atoms with E-state index in [1.807, 2.05) is 29.2 Å². The third-order valence-corrected chi connectivity index (χ3v) is 5.70. The molecule has 31 heavy (non-hydrogen) atoms. The summed E-state index contributed by atoms with van der Waals surface area (Å²) in [4.78, 5) is 42.0. The van der Waals surface area contributed by atoms with E-state index >= 15 is 0 Å². The van der Waals surface area contributed by atoms with Gasteiger partial charge in [-0.25, -0.2) is 9.18 Å². The van der Waals surface area contributed by atoms with Crippen LogP contribution in [0, 0.1) is 5.82 Å². The molecule has 2 aromatic rings. The number of urea groups is 1. The lowest BCUT2D eigenvalue weighted by atomic mass is 10.2. The van der Waals surface area contributed by atoms with Crippen molar-refractivity contribution in [1.29, 1.82) is 0 Å². The van der Waals surface area contributed by atoms with Gasteiger partial charge in [-0.3, -0.25) is 9.59 Å². The fraction of sp³-hybridized carbons (Fsp3) is 0.348. The van der Waals surface area contributed by atoms with Crippen LogP contribution >= 0.6 is 0 Å². The maximum absolute atomic E-state index is 13.0. The summed E-state index contributed by atoms with van der Waals surface area (Å²) in [6.45, 7) is 3.09. The van der Waals surface area contributed by atoms with Gasteiger partial charge in [-0.1, -0.05) is 12.1 Å². The molecule has 2 heterocycles. The molecule has 0 spiro atoms. The lowest BCUT2D eigenvalue weighted by Gasteiger charge is -2.34. The van der Waals surface area contributed by atoms with Crippen LogP contribution in [0.15, 0.2) is 48.5 Å². The number of nitrogens with one attached hydrogen (secondary N) is 1. The Morgan fingerprint density at radius 1 is 0.871 bits per heavy atom. The predicted molar refractivity (Wildman–Crippen MR) is 114 cm³/mol. The van der Waals surface area contributed by atoms with Crippen LogP contribution in [0.2, 0.25) is 0 Å². The molecule has 7 nitrogen and oxygen atoms in total. The van der Waals surface area contributed by atoms with E-state index in [1.165, 1.54) is 24.3 Å². The summed E-state index contributed by atoms with van der Waals surface area (Å²) in [6.07, 6.45) is 1.53. The van der Waals surface area contributed by atoms with Crippen molar-refractivity contribution in [3.05, 3.63) is 65.5 Å². The fourth-order valence-corrected chi connectivity index (χ4v) is 3.88. The van der Waals surface area contributed by atoms with Gasteiger partial charge in [0.15, 0.2) is 0 Å². The van der Waals surface area contributed by atoms with Crippen LogP contribution in [-0.2, 0) is 11.3 Å². The van der Waals surface area contributed by atoms with Crippen LogP contribution in [0.3, 0.4) is 0 Å². The number of carbonyl (C=O) groups is 3. The Bertz CT molecular complexity index is 954. The van der Waals surface area contributed by atoms with Gasteiger partial charge in [0.25, 0.3) is 5.91 Å². The summed E-state index contributed by atoms with van der Waals surface area (Å²) in [6, 6.07) is 12.8. The predicted octanol–water partition coefficient (Wildman–Crippen LogP) is 2.94. The molecule has 2 saturated heterocycles. The van der Waals surface area contributed by atoms with Crippen LogP contribution in [-0.4, -0.2) is 65.3 Å². The molecule has 4 amide bonds. The van der Waals surface area contributed by atoms with Gasteiger partial charge in [0.05, 0.1) is 0 Å². The number of nitrogens with zero attached hydrogens (tertiary/aromatic N) is 3. The van der Waals surface area contributed by atoms with E-state index in [-0.39, 0.29) is 23.7 Å². The van der Waals surface area contributed by atoms with Crippen molar-refractivity contribution in [3.63, 3.8) is 0 Å². The molecule has 2 aliphatic heterocycles. The van der Waals surface area contributed by atoms with E-state index in [4.69, 9.17) is 0 Å². The summed E-state index contributed by atoms with van der Waals surface area (Å²) >= 11 is 0. The van der Waals surface area contributed by atoms with Gasteiger partial charge in [0.1, 0.15) is 5.82 Å². The number of hydrogen-bond acceptors (Lipinski definition) is 3. The zero-order valence-corrected chi connectivity index (χ0v) is 17.2. The van der Waals surface area contributed by atoms with Gasteiger partial charge in [0.2, 0.25) is 5.91 Å². The smallest absolute Gasteiger partial charge is 0.321 e. The monoisotopic (exact) mass is 424 g/mol. The highest BCUT2D eigenvalue weighted by Crippen LogP contribution is 2.17. The number of likely N-dealkylation sites (tertiary alicyclic amines) is 1. The maximum atomic E-state index is 13.0. The molecule has 162 valence electrons. The van der Waals surface area contributed by atoms with Crippen LogP contribution < -0.4 is 5.32 Å². The Balaban J connectivity index is 1.26. The third-order valence-electron chi connectivity index (χ3n) is 5.70. The summed E-state index contributed by atoms with van der Waals surface area (Å²) < 4.78 is 13.0. The molecule has 0 bridgehead atoms. The standard InChI is InChI=1S/C23H25FN4O3/c24-19-7-5-18(6-8-19)22(30)26-12-14-27(15-13-26)23(31)25-20-9-3-17(4-10-20)16-28-11-1-2-21(28)29/h3-10H,1-2,11-16H2,(H,25,31). The number of carbonyl (C=O) groups excluding carboxylic acids is 3. The van der Waals surface area contributed by atoms with Crippen molar-refractivity contribution in [2.75, 3.05) is 38.0 Å². The normalized spacial score (nSPS) is 16.5. The number of hydrogen-bond donors (Lipinski definition) is 1. The lowest BCUT2D eigenvalue weighted by molar-refractivity contribution is -0.128. The highest BCUT2D eigenvalue weighted by molar-refractivity contribution is 5.94. The van der Waals surface area contributed by atoms with E-state index < -0.39 is 0 Å². The van der Waals surface area contributed by atoms with E-state index in [9.17, 15) is 18.8 Å². The molecule has 1 N–H and O–H groups in total. The highest BCUT2D eigenvalue weighted by atomic mass is 19.1. The van der Waals surface area contributed by atoms with Crippen LogP contribution in [0.5, 0.6) is 0 Å². The molecule has 0 aromatic heterocycles. The van der Waals surface area contributed by atoms with Gasteiger partial charge in [-0.05, 0) is 48.4 Å². The Morgan fingerprint density at radius 3 is 2.13 bits per heavy atom. The Hall–Kier alpha value is -3.42. The summed E-state index contributed by atoms with van der Waals surface area (Å²) in [5.74, 6) is -0.350. The maximum Gasteiger partial charge on any atom is 0.321 e. The van der Waals surface area contributed by atoms with E-state index in [0.717, 1.165) is 18.5 Å². The van der Waals surface area contributed by atoms with Crippen LogP contribution in [0.1, 0.15) is 28.8 Å². The molecule has 2 fully saturated rings. The number of piperazine rings is 1. The summed E-state index contributed by atoms with van der Waals surface area (Å²) in [5, 5.41) is 2.88. The lowest BCUT2D eigenvalue weighted by Crippen LogP contribution is -2.51. The minimum atomic E-state index is -0.379. The van der Waals surface area contributed by atoms with E-state index in [2.05, 4.69) is 5.32 Å². The van der Waals surface area contributed by atoms with Gasteiger partial charge in [-0.2, -0.15) is 0 Å². The first-order chi connectivity index (χ1) is 15.0. The second-order valence-corrected chi connectivity index (χ2v) is 7.83. The minimum Gasteiger partial charge on any atom is -0.338 e. The van der Waals surface area contributed by atoms with Gasteiger partial charge < -0.3 is 20.0 Å². The molecule has 0 aliphatic carbocycles. The Morgan fingerprint density at radius 2 is 1.52 bits per heavy atom. The number of halogens is 1.